The number of fused-ring (bicyclic) bond motifs is 1. The van der Waals surface area contributed by atoms with Crippen LogP contribution in [0.1, 0.15) is 24.1 Å². The Hall–Kier alpha value is -1.83. The molecule has 1 aromatic heterocycles. The molecule has 1 heterocycles. The SMILES string of the molecule is [O-][n+]1c(-c2ccccc2)ccc2c1CCCC2. The largest absolute Gasteiger partial charge is 0.618 e. The molecular formula is C15H15NO. The molecule has 86 valence electrons. The van der Waals surface area contributed by atoms with Crippen molar-refractivity contribution in [2.45, 2.75) is 25.7 Å². The maximum Gasteiger partial charge on any atom is 0.223 e. The molecule has 0 fully saturated rings. The van der Waals surface area contributed by atoms with Gasteiger partial charge in [0.25, 0.3) is 0 Å². The van der Waals surface area contributed by atoms with Crippen molar-refractivity contribution < 1.29 is 4.73 Å². The minimum absolute atomic E-state index is 0.770. The van der Waals surface area contributed by atoms with E-state index in [1.54, 1.807) is 0 Å². The van der Waals surface area contributed by atoms with Crippen molar-refractivity contribution in [1.82, 2.24) is 0 Å². The number of nitrogens with zero attached hydrogens (tertiary/aromatic N) is 1. The zero-order valence-corrected chi connectivity index (χ0v) is 9.73. The molecule has 0 aliphatic heterocycles. The molecule has 0 amide bonds. The van der Waals surface area contributed by atoms with Crippen molar-refractivity contribution in [3.63, 3.8) is 0 Å². The van der Waals surface area contributed by atoms with Gasteiger partial charge in [0.05, 0.1) is 0 Å². The van der Waals surface area contributed by atoms with Crippen LogP contribution in [0.3, 0.4) is 0 Å². The van der Waals surface area contributed by atoms with E-state index < -0.39 is 0 Å². The van der Waals surface area contributed by atoms with Crippen LogP contribution in [0.15, 0.2) is 42.5 Å². The van der Waals surface area contributed by atoms with E-state index in [1.165, 1.54) is 12.0 Å². The maximum atomic E-state index is 12.3. The van der Waals surface area contributed by atoms with E-state index >= 15 is 0 Å². The molecule has 17 heavy (non-hydrogen) atoms. The second-order valence-electron chi connectivity index (χ2n) is 4.56. The summed E-state index contributed by atoms with van der Waals surface area (Å²) in [5, 5.41) is 12.3. The van der Waals surface area contributed by atoms with Crippen molar-refractivity contribution in [2.24, 2.45) is 0 Å². The molecular weight excluding hydrogens is 210 g/mol. The van der Waals surface area contributed by atoms with E-state index in [0.29, 0.717) is 0 Å². The highest BCUT2D eigenvalue weighted by molar-refractivity contribution is 5.56. The van der Waals surface area contributed by atoms with Crippen molar-refractivity contribution in [1.29, 1.82) is 0 Å². The zero-order chi connectivity index (χ0) is 11.7. The Bertz CT molecular complexity index is 534. The van der Waals surface area contributed by atoms with Crippen LogP contribution < -0.4 is 4.73 Å². The molecule has 1 aliphatic carbocycles. The Morgan fingerprint density at radius 3 is 2.47 bits per heavy atom. The Morgan fingerprint density at radius 2 is 1.65 bits per heavy atom. The molecule has 0 saturated carbocycles. The molecule has 0 saturated heterocycles. The molecule has 2 heteroatoms. The third-order valence-electron chi connectivity index (χ3n) is 3.46. The first-order valence-corrected chi connectivity index (χ1v) is 6.16. The first-order chi connectivity index (χ1) is 8.36. The van der Waals surface area contributed by atoms with Crippen LogP contribution in [0, 0.1) is 5.21 Å². The number of aromatic nitrogens is 1. The fraction of sp³-hybridized carbons (Fsp3) is 0.267. The molecule has 0 unspecified atom stereocenters. The predicted molar refractivity (Wildman–Crippen MR) is 67.5 cm³/mol. The topological polar surface area (TPSA) is 26.9 Å². The summed E-state index contributed by atoms with van der Waals surface area (Å²) in [4.78, 5) is 0. The molecule has 2 nitrogen and oxygen atoms in total. The van der Waals surface area contributed by atoms with Gasteiger partial charge in [-0.1, -0.05) is 18.2 Å². The lowest BCUT2D eigenvalue weighted by molar-refractivity contribution is -0.603. The number of hydrogen-bond donors (Lipinski definition) is 0. The molecule has 1 aliphatic rings. The quantitative estimate of drug-likeness (QED) is 0.541. The monoisotopic (exact) mass is 225 g/mol. The van der Waals surface area contributed by atoms with E-state index in [9.17, 15) is 5.21 Å². The summed E-state index contributed by atoms with van der Waals surface area (Å²) in [6, 6.07) is 13.9. The van der Waals surface area contributed by atoms with Crippen LogP contribution in [0.4, 0.5) is 0 Å². The van der Waals surface area contributed by atoms with E-state index in [4.69, 9.17) is 0 Å². The molecule has 0 bridgehead atoms. The lowest BCUT2D eigenvalue weighted by Gasteiger charge is -2.16. The number of pyridine rings is 1. The fourth-order valence-corrected chi connectivity index (χ4v) is 2.54. The van der Waals surface area contributed by atoms with Crippen LogP contribution in [-0.2, 0) is 12.8 Å². The average Bonchev–Trinajstić information content (AvgIpc) is 2.40. The molecule has 2 aromatic rings. The van der Waals surface area contributed by atoms with E-state index in [1.807, 2.05) is 36.4 Å². The number of benzene rings is 1. The minimum atomic E-state index is 0.770. The highest BCUT2D eigenvalue weighted by atomic mass is 16.5. The van der Waals surface area contributed by atoms with Gasteiger partial charge in [-0.2, -0.15) is 4.73 Å². The Labute approximate surface area is 101 Å². The third-order valence-corrected chi connectivity index (χ3v) is 3.46. The summed E-state index contributed by atoms with van der Waals surface area (Å²) in [6.07, 6.45) is 4.30. The summed E-state index contributed by atoms with van der Waals surface area (Å²) >= 11 is 0. The average molecular weight is 225 g/mol. The number of rotatable bonds is 1. The lowest BCUT2D eigenvalue weighted by Crippen LogP contribution is -2.37. The summed E-state index contributed by atoms with van der Waals surface area (Å²) in [7, 11) is 0. The fourth-order valence-electron chi connectivity index (χ4n) is 2.54. The zero-order valence-electron chi connectivity index (χ0n) is 9.73. The van der Waals surface area contributed by atoms with Gasteiger partial charge in [0, 0.05) is 23.6 Å². The standard InChI is InChI=1S/C15H15NO/c17-16-14-9-5-4-8-13(14)10-11-15(16)12-6-2-1-3-7-12/h1-3,6-7,10-11H,4-5,8-9H2. The Morgan fingerprint density at radius 1 is 0.882 bits per heavy atom. The second kappa shape index (κ2) is 4.21. The van der Waals surface area contributed by atoms with Gasteiger partial charge in [-0.05, 0) is 37.5 Å². The highest BCUT2D eigenvalue weighted by Crippen LogP contribution is 2.22. The van der Waals surface area contributed by atoms with Gasteiger partial charge in [-0.3, -0.25) is 0 Å². The molecule has 1 aromatic carbocycles. The van der Waals surface area contributed by atoms with Crippen LogP contribution in [0.5, 0.6) is 0 Å². The molecule has 0 atom stereocenters. The van der Waals surface area contributed by atoms with Crippen LogP contribution in [0.25, 0.3) is 11.3 Å². The molecule has 0 N–H and O–H groups in total. The third kappa shape index (κ3) is 1.80. The number of hydrogen-bond acceptors (Lipinski definition) is 1. The smallest absolute Gasteiger partial charge is 0.223 e. The van der Waals surface area contributed by atoms with E-state index in [2.05, 4.69) is 6.07 Å². The Kier molecular flexibility index (Phi) is 2.56. The van der Waals surface area contributed by atoms with Gasteiger partial charge >= 0.3 is 0 Å². The predicted octanol–water partition coefficient (Wildman–Crippen LogP) is 2.87. The van der Waals surface area contributed by atoms with Crippen LogP contribution >= 0.6 is 0 Å². The maximum absolute atomic E-state index is 12.3. The lowest BCUT2D eigenvalue weighted by atomic mass is 9.95. The summed E-state index contributed by atoms with van der Waals surface area (Å²) in [6.45, 7) is 0. The van der Waals surface area contributed by atoms with Crippen LogP contribution in [-0.4, -0.2) is 0 Å². The first kappa shape index (κ1) is 10.3. The van der Waals surface area contributed by atoms with Crippen molar-refractivity contribution >= 4 is 0 Å². The number of aryl methyl sites for hydroxylation is 1. The van der Waals surface area contributed by atoms with Crippen molar-refractivity contribution in [3.05, 3.63) is 58.9 Å². The van der Waals surface area contributed by atoms with Crippen molar-refractivity contribution in [3.8, 4) is 11.3 Å². The van der Waals surface area contributed by atoms with Gasteiger partial charge in [0.2, 0.25) is 5.69 Å². The van der Waals surface area contributed by atoms with Gasteiger partial charge in [-0.25, -0.2) is 0 Å². The van der Waals surface area contributed by atoms with Gasteiger partial charge in [0.1, 0.15) is 0 Å². The molecule has 3 rings (SSSR count). The minimum Gasteiger partial charge on any atom is -0.618 e. The van der Waals surface area contributed by atoms with Crippen molar-refractivity contribution in [2.75, 3.05) is 0 Å². The van der Waals surface area contributed by atoms with Gasteiger partial charge in [0.15, 0.2) is 5.69 Å². The highest BCUT2D eigenvalue weighted by Gasteiger charge is 2.20. The normalized spacial score (nSPS) is 14.4. The summed E-state index contributed by atoms with van der Waals surface area (Å²) < 4.78 is 1.13. The van der Waals surface area contributed by atoms with Gasteiger partial charge < -0.3 is 5.21 Å². The van der Waals surface area contributed by atoms with Gasteiger partial charge in [-0.15, -0.1) is 0 Å². The van der Waals surface area contributed by atoms with Crippen LogP contribution in [0.2, 0.25) is 0 Å². The molecule has 0 spiro atoms. The van der Waals surface area contributed by atoms with E-state index in [-0.39, 0.29) is 0 Å². The Balaban J connectivity index is 2.13. The second-order valence-corrected chi connectivity index (χ2v) is 4.56. The summed E-state index contributed by atoms with van der Waals surface area (Å²) in [5.74, 6) is 0. The molecule has 0 radical (unpaired) electrons. The summed E-state index contributed by atoms with van der Waals surface area (Å²) in [5.41, 5.74) is 3.96. The first-order valence-electron chi connectivity index (χ1n) is 6.16. The van der Waals surface area contributed by atoms with E-state index in [0.717, 1.165) is 40.9 Å².